The number of halogens is 1. The molecule has 8 heteroatoms. The summed E-state index contributed by atoms with van der Waals surface area (Å²) in [6.07, 6.45) is 1.72. The molecule has 2 aromatic carbocycles. The Hall–Kier alpha value is -3.13. The summed E-state index contributed by atoms with van der Waals surface area (Å²) in [5.74, 6) is -0.223. The van der Waals surface area contributed by atoms with Crippen molar-refractivity contribution in [2.75, 3.05) is 19.2 Å². The Morgan fingerprint density at radius 3 is 2.32 bits per heavy atom. The molecule has 0 aromatic heterocycles. The molecule has 1 aliphatic heterocycles. The standard InChI is InChI=1S/C20H17BrN2O5/c1-11-15(8-13-9-17(27-2)18(28-3)10-16(13)21)19(24)23(22-11)14-6-4-12(5-7-14)20(25)26/h4-10H,1-3H3,(H,25,26)/b15-8+. The lowest BCUT2D eigenvalue weighted by molar-refractivity contribution is -0.114. The van der Waals surface area contributed by atoms with Crippen molar-refractivity contribution >= 4 is 45.3 Å². The molecule has 0 saturated heterocycles. The third kappa shape index (κ3) is 3.63. The predicted molar refractivity (Wildman–Crippen MR) is 109 cm³/mol. The Labute approximate surface area is 170 Å². The molecule has 0 aliphatic carbocycles. The summed E-state index contributed by atoms with van der Waals surface area (Å²) in [7, 11) is 3.09. The summed E-state index contributed by atoms with van der Waals surface area (Å²) in [5, 5.41) is 14.6. The summed E-state index contributed by atoms with van der Waals surface area (Å²) in [6, 6.07) is 9.49. The molecule has 3 rings (SSSR count). The molecule has 28 heavy (non-hydrogen) atoms. The van der Waals surface area contributed by atoms with Crippen molar-refractivity contribution in [1.82, 2.24) is 0 Å². The molecular weight excluding hydrogens is 428 g/mol. The number of nitrogens with zero attached hydrogens (tertiary/aromatic N) is 2. The first-order chi connectivity index (χ1) is 13.3. The number of anilines is 1. The molecule has 1 heterocycles. The van der Waals surface area contributed by atoms with Gasteiger partial charge in [0.25, 0.3) is 5.91 Å². The molecule has 0 fully saturated rings. The molecule has 0 saturated carbocycles. The Balaban J connectivity index is 1.96. The van der Waals surface area contributed by atoms with E-state index in [-0.39, 0.29) is 11.5 Å². The number of carbonyl (C=O) groups excluding carboxylic acids is 1. The van der Waals surface area contributed by atoms with E-state index in [9.17, 15) is 9.59 Å². The second kappa shape index (κ2) is 7.85. The number of amides is 1. The number of aromatic carboxylic acids is 1. The van der Waals surface area contributed by atoms with Crippen molar-refractivity contribution in [3.63, 3.8) is 0 Å². The molecule has 2 aromatic rings. The van der Waals surface area contributed by atoms with Gasteiger partial charge in [0.1, 0.15) is 0 Å². The van der Waals surface area contributed by atoms with Crippen LogP contribution in [0.1, 0.15) is 22.8 Å². The van der Waals surface area contributed by atoms with Crippen LogP contribution in [0.2, 0.25) is 0 Å². The van der Waals surface area contributed by atoms with Crippen molar-refractivity contribution in [2.45, 2.75) is 6.92 Å². The second-order valence-corrected chi connectivity index (χ2v) is 6.80. The van der Waals surface area contributed by atoms with E-state index in [1.54, 1.807) is 51.5 Å². The van der Waals surface area contributed by atoms with Crippen LogP contribution in [0.15, 0.2) is 51.5 Å². The normalized spacial score (nSPS) is 15.0. The second-order valence-electron chi connectivity index (χ2n) is 5.94. The molecular formula is C20H17BrN2O5. The zero-order valence-corrected chi connectivity index (χ0v) is 17.0. The van der Waals surface area contributed by atoms with Crippen LogP contribution in [0.4, 0.5) is 5.69 Å². The maximum atomic E-state index is 12.9. The van der Waals surface area contributed by atoms with Crippen molar-refractivity contribution in [3.8, 4) is 11.5 Å². The number of rotatable bonds is 5. The fourth-order valence-corrected chi connectivity index (χ4v) is 3.18. The van der Waals surface area contributed by atoms with E-state index in [0.29, 0.717) is 28.5 Å². The van der Waals surface area contributed by atoms with Gasteiger partial charge in [0.05, 0.1) is 36.8 Å². The Morgan fingerprint density at radius 1 is 1.14 bits per heavy atom. The minimum atomic E-state index is -1.03. The lowest BCUT2D eigenvalue weighted by Crippen LogP contribution is -2.21. The molecule has 1 aliphatic rings. The molecule has 0 radical (unpaired) electrons. The Kier molecular flexibility index (Phi) is 5.51. The number of carbonyl (C=O) groups is 2. The van der Waals surface area contributed by atoms with E-state index in [0.717, 1.165) is 10.0 Å². The highest BCUT2D eigenvalue weighted by Crippen LogP contribution is 2.35. The average molecular weight is 445 g/mol. The van der Waals surface area contributed by atoms with Crippen molar-refractivity contribution < 1.29 is 24.2 Å². The van der Waals surface area contributed by atoms with E-state index in [4.69, 9.17) is 14.6 Å². The third-order valence-electron chi connectivity index (χ3n) is 4.22. The topological polar surface area (TPSA) is 88.4 Å². The zero-order valence-electron chi connectivity index (χ0n) is 15.4. The predicted octanol–water partition coefficient (Wildman–Crippen LogP) is 3.97. The summed E-state index contributed by atoms with van der Waals surface area (Å²) in [6.45, 7) is 1.74. The molecule has 0 unspecified atom stereocenters. The van der Waals surface area contributed by atoms with Crippen LogP contribution in [0.3, 0.4) is 0 Å². The van der Waals surface area contributed by atoms with Gasteiger partial charge in [-0.1, -0.05) is 15.9 Å². The van der Waals surface area contributed by atoms with Crippen LogP contribution in [0, 0.1) is 0 Å². The average Bonchev–Trinajstić information content (AvgIpc) is 2.97. The van der Waals surface area contributed by atoms with Crippen LogP contribution in [0.5, 0.6) is 11.5 Å². The number of benzene rings is 2. The highest BCUT2D eigenvalue weighted by Gasteiger charge is 2.29. The third-order valence-corrected chi connectivity index (χ3v) is 4.91. The number of hydrazone groups is 1. The summed E-state index contributed by atoms with van der Waals surface area (Å²) in [5.41, 5.74) is 2.34. The highest BCUT2D eigenvalue weighted by atomic mass is 79.9. The highest BCUT2D eigenvalue weighted by molar-refractivity contribution is 9.10. The fraction of sp³-hybridized carbons (Fsp3) is 0.150. The summed E-state index contributed by atoms with van der Waals surface area (Å²) < 4.78 is 11.3. The van der Waals surface area contributed by atoms with Gasteiger partial charge in [-0.05, 0) is 55.0 Å². The molecule has 0 spiro atoms. The largest absolute Gasteiger partial charge is 0.493 e. The van der Waals surface area contributed by atoms with E-state index in [1.165, 1.54) is 17.1 Å². The molecule has 0 bridgehead atoms. The van der Waals surface area contributed by atoms with Gasteiger partial charge in [0.2, 0.25) is 0 Å². The molecule has 144 valence electrons. The Bertz CT molecular complexity index is 1010. The molecule has 1 amide bonds. The van der Waals surface area contributed by atoms with Gasteiger partial charge in [-0.3, -0.25) is 4.79 Å². The number of hydrogen-bond donors (Lipinski definition) is 1. The van der Waals surface area contributed by atoms with Gasteiger partial charge < -0.3 is 14.6 Å². The number of carboxylic acids is 1. The first-order valence-corrected chi connectivity index (χ1v) is 9.01. The number of methoxy groups -OCH3 is 2. The quantitative estimate of drug-likeness (QED) is 0.704. The number of carboxylic acid groups (broad SMARTS) is 1. The fourth-order valence-electron chi connectivity index (χ4n) is 2.74. The molecule has 7 nitrogen and oxygen atoms in total. The Morgan fingerprint density at radius 2 is 1.75 bits per heavy atom. The van der Waals surface area contributed by atoms with Gasteiger partial charge in [0.15, 0.2) is 11.5 Å². The van der Waals surface area contributed by atoms with Crippen molar-refractivity contribution in [1.29, 1.82) is 0 Å². The molecule has 1 N–H and O–H groups in total. The van der Waals surface area contributed by atoms with Crippen LogP contribution < -0.4 is 14.5 Å². The van der Waals surface area contributed by atoms with Gasteiger partial charge in [-0.15, -0.1) is 0 Å². The minimum absolute atomic E-state index is 0.140. The minimum Gasteiger partial charge on any atom is -0.493 e. The van der Waals surface area contributed by atoms with Gasteiger partial charge >= 0.3 is 5.97 Å². The van der Waals surface area contributed by atoms with Crippen molar-refractivity contribution in [3.05, 3.63) is 57.6 Å². The summed E-state index contributed by atoms with van der Waals surface area (Å²) in [4.78, 5) is 23.9. The van der Waals surface area contributed by atoms with Gasteiger partial charge in [-0.25, -0.2) is 4.79 Å². The maximum absolute atomic E-state index is 12.9. The lowest BCUT2D eigenvalue weighted by Gasteiger charge is -2.12. The zero-order chi connectivity index (χ0) is 20.4. The van der Waals surface area contributed by atoms with Gasteiger partial charge in [0, 0.05) is 4.47 Å². The van der Waals surface area contributed by atoms with E-state index < -0.39 is 5.97 Å². The van der Waals surface area contributed by atoms with E-state index >= 15 is 0 Å². The first-order valence-electron chi connectivity index (χ1n) is 8.22. The maximum Gasteiger partial charge on any atom is 0.335 e. The van der Waals surface area contributed by atoms with E-state index in [1.807, 2.05) is 0 Å². The first kappa shape index (κ1) is 19.6. The SMILES string of the molecule is COc1cc(Br)c(/C=C2/C(=O)N(c3ccc(C(=O)O)cc3)N=C2C)cc1OC. The van der Waals surface area contributed by atoms with Gasteiger partial charge in [-0.2, -0.15) is 10.1 Å². The van der Waals surface area contributed by atoms with Crippen LogP contribution in [0.25, 0.3) is 6.08 Å². The monoisotopic (exact) mass is 444 g/mol. The van der Waals surface area contributed by atoms with Crippen molar-refractivity contribution in [2.24, 2.45) is 5.10 Å². The summed E-state index contributed by atoms with van der Waals surface area (Å²) >= 11 is 3.48. The molecule has 0 atom stereocenters. The lowest BCUT2D eigenvalue weighted by atomic mass is 10.1. The van der Waals surface area contributed by atoms with Crippen LogP contribution in [-0.2, 0) is 4.79 Å². The van der Waals surface area contributed by atoms with Crippen LogP contribution in [-0.4, -0.2) is 36.9 Å². The van der Waals surface area contributed by atoms with E-state index in [2.05, 4.69) is 21.0 Å². The smallest absolute Gasteiger partial charge is 0.335 e. The number of hydrogen-bond acceptors (Lipinski definition) is 5. The van der Waals surface area contributed by atoms with Crippen LogP contribution >= 0.6 is 15.9 Å². The number of ether oxygens (including phenoxy) is 2.